The van der Waals surface area contributed by atoms with Crippen LogP contribution in [0.15, 0.2) is 24.3 Å². The highest BCUT2D eigenvalue weighted by Gasteiger charge is 2.90. The molecule has 7 rings (SSSR count). The number of fused-ring (bicyclic) bond motifs is 1. The van der Waals surface area contributed by atoms with Crippen LogP contribution in [0.5, 0.6) is 0 Å². The van der Waals surface area contributed by atoms with Crippen LogP contribution in [0, 0.1) is 34.0 Å². The number of aliphatic hydroxyl groups is 1. The van der Waals surface area contributed by atoms with Gasteiger partial charge in [0.05, 0.1) is 18.1 Å². The molecular formula is C24H30O6. The van der Waals surface area contributed by atoms with E-state index in [-0.39, 0.29) is 41.3 Å². The standard InChI is InChI=1S/C24H30O6/c1-11-9-20(3,4)15-18(27)24-23-14(22(15,10-28-24)16(11)25)8-7-13(12(2)17(23)26)19(23)29-21(5,6)30-24/h13-15,18-19,27H,1-2,7-10H2,3-6H3/t13-,14-,15+,18-,19+,22-,23?,24?/m0/s1. The number of carbonyl (C=O) groups is 2. The lowest BCUT2D eigenvalue weighted by Crippen LogP contribution is -2.88. The third kappa shape index (κ3) is 1.63. The van der Waals surface area contributed by atoms with Crippen LogP contribution in [-0.4, -0.2) is 47.1 Å². The molecule has 0 radical (unpaired) electrons. The second-order valence-corrected chi connectivity index (χ2v) is 11.5. The number of carbonyl (C=O) groups excluding carboxylic acids is 2. The maximum Gasteiger partial charge on any atom is 0.213 e. The first-order chi connectivity index (χ1) is 13.9. The Morgan fingerprint density at radius 3 is 2.47 bits per heavy atom. The van der Waals surface area contributed by atoms with E-state index in [0.717, 1.165) is 6.42 Å². The van der Waals surface area contributed by atoms with E-state index in [9.17, 15) is 14.7 Å². The van der Waals surface area contributed by atoms with Crippen LogP contribution in [-0.2, 0) is 23.8 Å². The van der Waals surface area contributed by atoms with Gasteiger partial charge in [0, 0.05) is 11.8 Å². The van der Waals surface area contributed by atoms with E-state index >= 15 is 0 Å². The van der Waals surface area contributed by atoms with E-state index in [1.807, 2.05) is 0 Å². The zero-order valence-corrected chi connectivity index (χ0v) is 18.1. The fourth-order valence-electron chi connectivity index (χ4n) is 8.77. The van der Waals surface area contributed by atoms with Gasteiger partial charge in [-0.25, -0.2) is 0 Å². The number of hydrogen-bond acceptors (Lipinski definition) is 6. The van der Waals surface area contributed by atoms with Gasteiger partial charge in [-0.1, -0.05) is 27.0 Å². The van der Waals surface area contributed by atoms with Gasteiger partial charge in [0.2, 0.25) is 5.79 Å². The van der Waals surface area contributed by atoms with Crippen molar-refractivity contribution in [3.63, 3.8) is 0 Å². The van der Waals surface area contributed by atoms with Gasteiger partial charge in [0.1, 0.15) is 11.5 Å². The molecule has 4 aliphatic carbocycles. The topological polar surface area (TPSA) is 82.1 Å². The van der Waals surface area contributed by atoms with Gasteiger partial charge in [-0.15, -0.1) is 0 Å². The van der Waals surface area contributed by atoms with Crippen LogP contribution >= 0.6 is 0 Å². The number of rotatable bonds is 0. The van der Waals surface area contributed by atoms with Crippen LogP contribution in [0.25, 0.3) is 0 Å². The largest absolute Gasteiger partial charge is 0.387 e. The first-order valence-corrected chi connectivity index (χ1v) is 11.0. The lowest BCUT2D eigenvalue weighted by atomic mass is 9.35. The van der Waals surface area contributed by atoms with Crippen molar-refractivity contribution in [3.05, 3.63) is 24.3 Å². The molecule has 1 N–H and O–H groups in total. The molecule has 0 aromatic carbocycles. The van der Waals surface area contributed by atoms with Crippen molar-refractivity contribution in [1.82, 2.24) is 0 Å². The number of ether oxygens (including phenoxy) is 3. The first-order valence-electron chi connectivity index (χ1n) is 11.0. The maximum atomic E-state index is 13.9. The number of hydrogen-bond donors (Lipinski definition) is 1. The highest BCUT2D eigenvalue weighted by atomic mass is 16.8. The van der Waals surface area contributed by atoms with Gasteiger partial charge in [-0.3, -0.25) is 9.59 Å². The molecule has 4 saturated carbocycles. The van der Waals surface area contributed by atoms with Crippen molar-refractivity contribution in [1.29, 1.82) is 0 Å². The predicted molar refractivity (Wildman–Crippen MR) is 106 cm³/mol. The predicted octanol–water partition coefficient (Wildman–Crippen LogP) is 2.55. The Morgan fingerprint density at radius 1 is 1.07 bits per heavy atom. The van der Waals surface area contributed by atoms with Gasteiger partial charge >= 0.3 is 0 Å². The molecule has 6 heteroatoms. The van der Waals surface area contributed by atoms with Crippen LogP contribution in [0.3, 0.4) is 0 Å². The Balaban J connectivity index is 1.70. The number of ketones is 2. The Kier molecular flexibility index (Phi) is 3.23. The average molecular weight is 414 g/mol. The summed E-state index contributed by atoms with van der Waals surface area (Å²) in [5, 5.41) is 12.0. The summed E-state index contributed by atoms with van der Waals surface area (Å²) in [4.78, 5) is 27.8. The number of Topliss-reactive ketones (excluding diaryl/α,β-unsaturated/α-hetero) is 2. The summed E-state index contributed by atoms with van der Waals surface area (Å²) in [6.45, 7) is 16.1. The fourth-order valence-corrected chi connectivity index (χ4v) is 8.77. The fraction of sp³-hybridized carbons (Fsp3) is 0.750. The van der Waals surface area contributed by atoms with E-state index in [1.54, 1.807) is 13.8 Å². The van der Waals surface area contributed by atoms with Crippen molar-refractivity contribution < 1.29 is 28.9 Å². The smallest absolute Gasteiger partial charge is 0.213 e. The van der Waals surface area contributed by atoms with Crippen molar-refractivity contribution in [2.45, 2.75) is 70.7 Å². The second kappa shape index (κ2) is 5.01. The highest BCUT2D eigenvalue weighted by Crippen LogP contribution is 2.78. The van der Waals surface area contributed by atoms with E-state index in [4.69, 9.17) is 14.2 Å². The van der Waals surface area contributed by atoms with Gasteiger partial charge in [0.15, 0.2) is 17.4 Å². The van der Waals surface area contributed by atoms with Crippen LogP contribution in [0.2, 0.25) is 0 Å². The molecule has 3 saturated heterocycles. The third-order valence-electron chi connectivity index (χ3n) is 9.29. The highest BCUT2D eigenvalue weighted by molar-refractivity contribution is 6.08. The molecule has 3 spiro atoms. The van der Waals surface area contributed by atoms with Crippen molar-refractivity contribution in [2.24, 2.45) is 34.0 Å². The average Bonchev–Trinajstić information content (AvgIpc) is 2.76. The molecule has 4 bridgehead atoms. The summed E-state index contributed by atoms with van der Waals surface area (Å²) in [5.41, 5.74) is -1.57. The lowest BCUT2D eigenvalue weighted by molar-refractivity contribution is -0.523. The third-order valence-corrected chi connectivity index (χ3v) is 9.29. The van der Waals surface area contributed by atoms with E-state index in [0.29, 0.717) is 24.0 Å². The van der Waals surface area contributed by atoms with Crippen LogP contribution in [0.1, 0.15) is 47.0 Å². The summed E-state index contributed by atoms with van der Waals surface area (Å²) in [5.74, 6) is -3.67. The van der Waals surface area contributed by atoms with Crippen LogP contribution < -0.4 is 0 Å². The maximum absolute atomic E-state index is 13.9. The zero-order chi connectivity index (χ0) is 21.6. The molecule has 162 valence electrons. The van der Waals surface area contributed by atoms with Gasteiger partial charge < -0.3 is 19.3 Å². The molecule has 2 unspecified atom stereocenters. The van der Waals surface area contributed by atoms with E-state index < -0.39 is 34.6 Å². The van der Waals surface area contributed by atoms with Crippen molar-refractivity contribution in [2.75, 3.05) is 6.61 Å². The summed E-state index contributed by atoms with van der Waals surface area (Å²) in [7, 11) is 0. The number of allylic oxidation sites excluding steroid dienone is 1. The summed E-state index contributed by atoms with van der Waals surface area (Å²) in [6, 6.07) is 0. The molecule has 7 aliphatic rings. The molecule has 7 fully saturated rings. The molecule has 0 amide bonds. The molecule has 0 aromatic rings. The van der Waals surface area contributed by atoms with Crippen LogP contribution in [0.4, 0.5) is 0 Å². The Bertz CT molecular complexity index is 947. The first kappa shape index (κ1) is 19.4. The van der Waals surface area contributed by atoms with Crippen molar-refractivity contribution >= 4 is 11.6 Å². The molecule has 8 atom stereocenters. The molecular weight excluding hydrogens is 384 g/mol. The lowest BCUT2D eigenvalue weighted by Gasteiger charge is -2.76. The Hall–Kier alpha value is -1.34. The molecule has 30 heavy (non-hydrogen) atoms. The van der Waals surface area contributed by atoms with E-state index in [1.165, 1.54) is 0 Å². The van der Waals surface area contributed by atoms with Crippen molar-refractivity contribution in [3.8, 4) is 0 Å². The quantitative estimate of drug-likeness (QED) is 0.614. The minimum absolute atomic E-state index is 0.0640. The SMILES string of the molecule is C=C1CC(C)(C)[C@H]2[C@H](O)C34OC[C@]2(C1=O)[C@@H]1CC[C@H]2C(=C)C(=O)C13[C@@H]2OC(C)(C)O4. The summed E-state index contributed by atoms with van der Waals surface area (Å²) in [6.07, 6.45) is 0.284. The number of aliphatic hydroxyl groups excluding tert-OH is 1. The molecule has 6 nitrogen and oxygen atoms in total. The molecule has 3 heterocycles. The van der Waals surface area contributed by atoms with Gasteiger partial charge in [-0.2, -0.15) is 0 Å². The summed E-state index contributed by atoms with van der Waals surface area (Å²) < 4.78 is 19.2. The Labute approximate surface area is 176 Å². The molecule has 0 aromatic heterocycles. The monoisotopic (exact) mass is 414 g/mol. The van der Waals surface area contributed by atoms with Gasteiger partial charge in [0.25, 0.3) is 0 Å². The second-order valence-electron chi connectivity index (χ2n) is 11.5. The molecule has 3 aliphatic heterocycles. The minimum Gasteiger partial charge on any atom is -0.387 e. The van der Waals surface area contributed by atoms with E-state index in [2.05, 4.69) is 27.0 Å². The van der Waals surface area contributed by atoms with Gasteiger partial charge in [-0.05, 0) is 55.6 Å². The minimum atomic E-state index is -1.54. The zero-order valence-electron chi connectivity index (χ0n) is 18.1. The summed E-state index contributed by atoms with van der Waals surface area (Å²) >= 11 is 0. The normalized spacial score (nSPS) is 54.8. The Morgan fingerprint density at radius 2 is 1.77 bits per heavy atom.